The molecule has 1 aliphatic heterocycles. The zero-order chi connectivity index (χ0) is 16.4. The summed E-state index contributed by atoms with van der Waals surface area (Å²) in [6, 6.07) is 2.26. The Morgan fingerprint density at radius 2 is 1.74 bits per heavy atom. The van der Waals surface area contributed by atoms with E-state index in [1.807, 2.05) is 6.08 Å². The molecule has 3 rings (SSSR count). The molecule has 0 bridgehead atoms. The summed E-state index contributed by atoms with van der Waals surface area (Å²) in [5.74, 6) is -2.75. The molecule has 2 atom stereocenters. The number of hydrogen-bond acceptors (Lipinski definition) is 2. The van der Waals surface area contributed by atoms with Gasteiger partial charge in [-0.15, -0.1) is 6.58 Å². The third kappa shape index (κ3) is 3.61. The maximum Gasteiger partial charge on any atom is 0.194 e. The molecule has 2 aliphatic rings. The maximum absolute atomic E-state index is 13.4. The molecular formula is C18H22F3NO. The molecule has 2 nitrogen and oxygen atoms in total. The Morgan fingerprint density at radius 1 is 1.09 bits per heavy atom. The predicted octanol–water partition coefficient (Wildman–Crippen LogP) is 4.13. The highest BCUT2D eigenvalue weighted by atomic mass is 19.2. The molecule has 2 unspecified atom stereocenters. The van der Waals surface area contributed by atoms with Crippen LogP contribution in [0.15, 0.2) is 24.8 Å². The van der Waals surface area contributed by atoms with Crippen LogP contribution in [0.2, 0.25) is 0 Å². The van der Waals surface area contributed by atoms with E-state index in [-0.39, 0.29) is 12.1 Å². The van der Waals surface area contributed by atoms with Crippen molar-refractivity contribution in [2.75, 3.05) is 13.2 Å². The van der Waals surface area contributed by atoms with Crippen LogP contribution in [0.3, 0.4) is 0 Å². The number of benzene rings is 1. The summed E-state index contributed by atoms with van der Waals surface area (Å²) in [5.41, 5.74) is 0.559. The first kappa shape index (κ1) is 16.5. The Kier molecular flexibility index (Phi) is 5.07. The summed E-state index contributed by atoms with van der Waals surface area (Å²) in [6.45, 7) is 5.35. The summed E-state index contributed by atoms with van der Waals surface area (Å²) in [5, 5.41) is 3.41. The Balaban J connectivity index is 1.57. The fourth-order valence-electron chi connectivity index (χ4n) is 3.63. The standard InChI is InChI=1S/C18H22F3NO/c1-2-11-9-22-18(23-10-11)13-5-3-12(4-6-13)14-7-15(19)17(21)16(20)8-14/h2,7-8,11-13,18,22H,1,3-6,9-10H2. The van der Waals surface area contributed by atoms with Crippen LogP contribution in [0.1, 0.15) is 37.2 Å². The minimum atomic E-state index is -1.39. The molecule has 0 aromatic heterocycles. The number of nitrogens with one attached hydrogen (secondary N) is 1. The van der Waals surface area contributed by atoms with Gasteiger partial charge in [0.05, 0.1) is 6.61 Å². The van der Waals surface area contributed by atoms with Gasteiger partial charge in [0.2, 0.25) is 0 Å². The van der Waals surface area contributed by atoms with Gasteiger partial charge in [0.15, 0.2) is 17.5 Å². The Morgan fingerprint density at radius 3 is 2.26 bits per heavy atom. The van der Waals surface area contributed by atoms with E-state index in [4.69, 9.17) is 4.74 Å². The van der Waals surface area contributed by atoms with Crippen LogP contribution < -0.4 is 5.32 Å². The summed E-state index contributed by atoms with van der Waals surface area (Å²) in [7, 11) is 0. The average Bonchev–Trinajstić information content (AvgIpc) is 2.59. The van der Waals surface area contributed by atoms with Gasteiger partial charge in [0.25, 0.3) is 0 Å². The van der Waals surface area contributed by atoms with E-state index >= 15 is 0 Å². The molecule has 1 heterocycles. The van der Waals surface area contributed by atoms with Crippen molar-refractivity contribution < 1.29 is 17.9 Å². The highest BCUT2D eigenvalue weighted by molar-refractivity contribution is 5.23. The zero-order valence-corrected chi connectivity index (χ0v) is 13.0. The van der Waals surface area contributed by atoms with E-state index in [0.29, 0.717) is 24.0 Å². The fraction of sp³-hybridized carbons (Fsp3) is 0.556. The molecule has 1 aromatic rings. The van der Waals surface area contributed by atoms with Gasteiger partial charge in [0, 0.05) is 12.5 Å². The molecule has 0 spiro atoms. The molecular weight excluding hydrogens is 303 g/mol. The van der Waals surface area contributed by atoms with E-state index in [1.165, 1.54) is 0 Å². The van der Waals surface area contributed by atoms with E-state index < -0.39 is 17.5 Å². The van der Waals surface area contributed by atoms with Crippen LogP contribution in [0, 0.1) is 29.3 Å². The van der Waals surface area contributed by atoms with E-state index in [2.05, 4.69) is 11.9 Å². The number of halogens is 3. The largest absolute Gasteiger partial charge is 0.362 e. The lowest BCUT2D eigenvalue weighted by Crippen LogP contribution is -2.47. The predicted molar refractivity (Wildman–Crippen MR) is 82.4 cm³/mol. The summed E-state index contributed by atoms with van der Waals surface area (Å²) in [4.78, 5) is 0. The number of rotatable bonds is 3. The lowest BCUT2D eigenvalue weighted by molar-refractivity contribution is -0.0603. The normalized spacial score (nSPS) is 31.8. The van der Waals surface area contributed by atoms with Crippen LogP contribution in [0.25, 0.3) is 0 Å². The first-order valence-corrected chi connectivity index (χ1v) is 8.20. The minimum absolute atomic E-state index is 0.0499. The Hall–Kier alpha value is -1.33. The topological polar surface area (TPSA) is 21.3 Å². The summed E-state index contributed by atoms with van der Waals surface area (Å²) >= 11 is 0. The second-order valence-corrected chi connectivity index (χ2v) is 6.57. The first-order chi connectivity index (χ1) is 11.1. The minimum Gasteiger partial charge on any atom is -0.362 e. The third-order valence-corrected chi connectivity index (χ3v) is 5.08. The van der Waals surface area contributed by atoms with Gasteiger partial charge in [0.1, 0.15) is 6.23 Å². The van der Waals surface area contributed by atoms with Crippen molar-refractivity contribution in [2.45, 2.75) is 37.8 Å². The molecule has 1 aromatic carbocycles. The first-order valence-electron chi connectivity index (χ1n) is 8.20. The number of ether oxygens (including phenoxy) is 1. The molecule has 5 heteroatoms. The molecule has 1 N–H and O–H groups in total. The lowest BCUT2D eigenvalue weighted by atomic mass is 9.77. The maximum atomic E-state index is 13.4. The molecule has 1 aliphatic carbocycles. The molecule has 126 valence electrons. The Bertz CT molecular complexity index is 538. The van der Waals surface area contributed by atoms with E-state index in [1.54, 1.807) is 0 Å². The van der Waals surface area contributed by atoms with Gasteiger partial charge in [-0.05, 0) is 55.2 Å². The molecule has 23 heavy (non-hydrogen) atoms. The molecule has 1 saturated carbocycles. The molecule has 0 amide bonds. The lowest BCUT2D eigenvalue weighted by Gasteiger charge is -2.38. The van der Waals surface area contributed by atoms with Gasteiger partial charge in [-0.1, -0.05) is 6.08 Å². The van der Waals surface area contributed by atoms with Gasteiger partial charge >= 0.3 is 0 Å². The van der Waals surface area contributed by atoms with Crippen LogP contribution in [0.5, 0.6) is 0 Å². The molecule has 1 saturated heterocycles. The highest BCUT2D eigenvalue weighted by Gasteiger charge is 2.31. The molecule has 0 radical (unpaired) electrons. The average molecular weight is 325 g/mol. The summed E-state index contributed by atoms with van der Waals surface area (Å²) < 4.78 is 45.7. The third-order valence-electron chi connectivity index (χ3n) is 5.08. The smallest absolute Gasteiger partial charge is 0.194 e. The Labute approximate surface area is 134 Å². The second kappa shape index (κ2) is 7.05. The zero-order valence-electron chi connectivity index (χ0n) is 13.0. The highest BCUT2D eigenvalue weighted by Crippen LogP contribution is 2.38. The van der Waals surface area contributed by atoms with Crippen molar-refractivity contribution in [3.8, 4) is 0 Å². The van der Waals surface area contributed by atoms with Crippen molar-refractivity contribution in [3.05, 3.63) is 47.8 Å². The summed E-state index contributed by atoms with van der Waals surface area (Å²) in [6.07, 6.45) is 5.48. The molecule has 2 fully saturated rings. The fourth-order valence-corrected chi connectivity index (χ4v) is 3.63. The van der Waals surface area contributed by atoms with Gasteiger partial charge < -0.3 is 4.74 Å². The van der Waals surface area contributed by atoms with Crippen LogP contribution in [-0.2, 0) is 4.74 Å². The van der Waals surface area contributed by atoms with Crippen LogP contribution >= 0.6 is 0 Å². The van der Waals surface area contributed by atoms with Crippen molar-refractivity contribution in [3.63, 3.8) is 0 Å². The van der Waals surface area contributed by atoms with Crippen molar-refractivity contribution in [1.29, 1.82) is 0 Å². The van der Waals surface area contributed by atoms with Crippen molar-refractivity contribution >= 4 is 0 Å². The van der Waals surface area contributed by atoms with E-state index in [0.717, 1.165) is 44.4 Å². The van der Waals surface area contributed by atoms with Crippen molar-refractivity contribution in [2.24, 2.45) is 11.8 Å². The van der Waals surface area contributed by atoms with E-state index in [9.17, 15) is 13.2 Å². The van der Waals surface area contributed by atoms with Gasteiger partial charge in [-0.25, -0.2) is 13.2 Å². The SMILES string of the molecule is C=CC1CNC(C2CCC(c3cc(F)c(F)c(F)c3)CC2)OC1. The monoisotopic (exact) mass is 325 g/mol. The quantitative estimate of drug-likeness (QED) is 0.666. The second-order valence-electron chi connectivity index (χ2n) is 6.57. The van der Waals surface area contributed by atoms with Gasteiger partial charge in [-0.3, -0.25) is 5.32 Å². The van der Waals surface area contributed by atoms with Crippen LogP contribution in [-0.4, -0.2) is 19.4 Å². The van der Waals surface area contributed by atoms with Gasteiger partial charge in [-0.2, -0.15) is 0 Å². The number of hydrogen-bond donors (Lipinski definition) is 1. The van der Waals surface area contributed by atoms with Crippen LogP contribution in [0.4, 0.5) is 13.2 Å². The van der Waals surface area contributed by atoms with Crippen molar-refractivity contribution in [1.82, 2.24) is 5.32 Å².